The first kappa shape index (κ1) is 20.5. The van der Waals surface area contributed by atoms with Crippen LogP contribution in [0, 0.1) is 0 Å². The number of esters is 1. The van der Waals surface area contributed by atoms with Gasteiger partial charge in [-0.3, -0.25) is 4.79 Å². The van der Waals surface area contributed by atoms with E-state index in [1.54, 1.807) is 20.8 Å². The molecule has 1 amide bonds. The van der Waals surface area contributed by atoms with E-state index < -0.39 is 46.9 Å². The summed E-state index contributed by atoms with van der Waals surface area (Å²) < 4.78 is 10.2. The number of cyclic esters (lactones) is 1. The van der Waals surface area contributed by atoms with Crippen LogP contribution in [0.4, 0.5) is 4.79 Å². The Morgan fingerprint density at radius 2 is 1.89 bits per heavy atom. The molecule has 0 aromatic heterocycles. The Labute approximate surface area is 158 Å². The number of rotatable bonds is 5. The summed E-state index contributed by atoms with van der Waals surface area (Å²) in [5.74, 6) is -1.99. The van der Waals surface area contributed by atoms with Gasteiger partial charge in [-0.25, -0.2) is 9.59 Å². The zero-order valence-electron chi connectivity index (χ0n) is 15.9. The molecule has 7 nitrogen and oxygen atoms in total. The van der Waals surface area contributed by atoms with E-state index in [4.69, 9.17) is 9.47 Å². The van der Waals surface area contributed by atoms with Gasteiger partial charge < -0.3 is 19.9 Å². The predicted octanol–water partition coefficient (Wildman–Crippen LogP) is 2.84. The lowest BCUT2D eigenvalue weighted by atomic mass is 10.0. The van der Waals surface area contributed by atoms with Crippen LogP contribution in [0.2, 0.25) is 0 Å². The van der Waals surface area contributed by atoms with Gasteiger partial charge in [-0.2, -0.15) is 0 Å². The number of aliphatic hydroxyl groups is 1. The number of hydrogen-bond donors (Lipinski definition) is 2. The number of nitrogens with one attached hydrogen (secondary N) is 1. The van der Waals surface area contributed by atoms with Gasteiger partial charge in [0.05, 0.1) is 6.04 Å². The van der Waals surface area contributed by atoms with Crippen molar-refractivity contribution in [2.24, 2.45) is 0 Å². The normalized spacial score (nSPS) is 20.1. The number of amides is 1. The lowest BCUT2D eigenvalue weighted by molar-refractivity contribution is -0.141. The number of aryl methyl sites for hydroxylation is 1. The Kier molecular flexibility index (Phi) is 6.25. The molecule has 0 bridgehead atoms. The first-order valence-electron chi connectivity index (χ1n) is 8.80. The van der Waals surface area contributed by atoms with Crippen LogP contribution in [0.15, 0.2) is 41.7 Å². The maximum atomic E-state index is 12.5. The van der Waals surface area contributed by atoms with E-state index in [1.165, 1.54) is 6.92 Å². The van der Waals surface area contributed by atoms with Gasteiger partial charge in [-0.05, 0) is 46.1 Å². The number of Topliss-reactive ketones (excluding diaryl/α,β-unsaturated/α-hetero) is 1. The van der Waals surface area contributed by atoms with Crippen LogP contribution < -0.4 is 5.32 Å². The average molecular weight is 375 g/mol. The minimum Gasteiger partial charge on any atom is -0.509 e. The number of carbonyl (C=O) groups is 3. The first-order valence-corrected chi connectivity index (χ1v) is 8.80. The lowest BCUT2D eigenvalue weighted by Crippen LogP contribution is -2.39. The molecule has 1 aromatic rings. The molecule has 1 aliphatic heterocycles. The highest BCUT2D eigenvalue weighted by atomic mass is 16.6. The summed E-state index contributed by atoms with van der Waals surface area (Å²) in [4.78, 5) is 36.4. The second-order valence-corrected chi connectivity index (χ2v) is 7.41. The molecule has 1 heterocycles. The molecule has 1 fully saturated rings. The number of ether oxygens (including phenoxy) is 2. The van der Waals surface area contributed by atoms with Gasteiger partial charge >= 0.3 is 12.1 Å². The topological polar surface area (TPSA) is 102 Å². The number of alkyl carbamates (subject to hydrolysis) is 1. The molecule has 0 radical (unpaired) electrons. The van der Waals surface area contributed by atoms with Crippen molar-refractivity contribution in [3.63, 3.8) is 0 Å². The van der Waals surface area contributed by atoms with Crippen LogP contribution in [-0.2, 0) is 25.5 Å². The van der Waals surface area contributed by atoms with E-state index in [0.717, 1.165) is 5.56 Å². The minimum atomic E-state index is -0.973. The van der Waals surface area contributed by atoms with Crippen LogP contribution in [-0.4, -0.2) is 40.7 Å². The molecule has 146 valence electrons. The number of aliphatic hydroxyl groups excluding tert-OH is 1. The standard InChI is InChI=1S/C20H25NO6/c1-12(21-19(25)27-20(2,3)4)16(22)15-17(23)14(26-18(15)24)11-10-13-8-6-5-7-9-13/h5-9,12,14,22H,10-11H2,1-4H3,(H,21,25)/t12-,14?/m1/s1. The molecule has 2 N–H and O–H groups in total. The lowest BCUT2D eigenvalue weighted by Gasteiger charge is -2.21. The Balaban J connectivity index is 2.04. The van der Waals surface area contributed by atoms with Crippen molar-refractivity contribution < 1.29 is 29.0 Å². The molecule has 2 atom stereocenters. The number of carbonyl (C=O) groups excluding carboxylic acids is 3. The molecule has 27 heavy (non-hydrogen) atoms. The smallest absolute Gasteiger partial charge is 0.408 e. The van der Waals surface area contributed by atoms with Crippen LogP contribution in [0.5, 0.6) is 0 Å². The van der Waals surface area contributed by atoms with Crippen molar-refractivity contribution in [3.8, 4) is 0 Å². The zero-order valence-corrected chi connectivity index (χ0v) is 15.9. The third-order valence-corrected chi connectivity index (χ3v) is 3.93. The second-order valence-electron chi connectivity index (χ2n) is 7.41. The average Bonchev–Trinajstić information content (AvgIpc) is 2.85. The van der Waals surface area contributed by atoms with Crippen LogP contribution in [0.1, 0.15) is 39.7 Å². The maximum absolute atomic E-state index is 12.5. The predicted molar refractivity (Wildman–Crippen MR) is 98.1 cm³/mol. The summed E-state index contributed by atoms with van der Waals surface area (Å²) in [6.07, 6.45) is -0.825. The molecular weight excluding hydrogens is 350 g/mol. The molecule has 0 aliphatic carbocycles. The fourth-order valence-electron chi connectivity index (χ4n) is 2.64. The Bertz CT molecular complexity index is 747. The maximum Gasteiger partial charge on any atom is 0.408 e. The molecule has 1 saturated heterocycles. The van der Waals surface area contributed by atoms with E-state index in [2.05, 4.69) is 5.32 Å². The highest BCUT2D eigenvalue weighted by molar-refractivity contribution is 6.23. The van der Waals surface area contributed by atoms with Crippen molar-refractivity contribution in [1.82, 2.24) is 5.32 Å². The summed E-state index contributed by atoms with van der Waals surface area (Å²) in [6, 6.07) is 8.53. The van der Waals surface area contributed by atoms with Gasteiger partial charge in [-0.1, -0.05) is 30.3 Å². The third-order valence-electron chi connectivity index (χ3n) is 3.93. The first-order chi connectivity index (χ1) is 12.6. The fraction of sp³-hybridized carbons (Fsp3) is 0.450. The van der Waals surface area contributed by atoms with E-state index in [0.29, 0.717) is 12.8 Å². The highest BCUT2D eigenvalue weighted by Gasteiger charge is 2.41. The van der Waals surface area contributed by atoms with Gasteiger partial charge in [0.2, 0.25) is 5.78 Å². The van der Waals surface area contributed by atoms with Crippen molar-refractivity contribution in [2.75, 3.05) is 0 Å². The molecule has 0 saturated carbocycles. The van der Waals surface area contributed by atoms with Crippen LogP contribution in [0.25, 0.3) is 0 Å². The molecular formula is C20H25NO6. The molecule has 1 aliphatic rings. The van der Waals surface area contributed by atoms with Crippen LogP contribution >= 0.6 is 0 Å². The quantitative estimate of drug-likeness (QED) is 0.355. The molecule has 0 spiro atoms. The second kappa shape index (κ2) is 8.24. The van der Waals surface area contributed by atoms with E-state index in [1.807, 2.05) is 30.3 Å². The fourth-order valence-corrected chi connectivity index (χ4v) is 2.64. The largest absolute Gasteiger partial charge is 0.509 e. The summed E-state index contributed by atoms with van der Waals surface area (Å²) in [5.41, 5.74) is -0.114. The Morgan fingerprint density at radius 3 is 2.48 bits per heavy atom. The number of hydrogen-bond acceptors (Lipinski definition) is 6. The number of benzene rings is 1. The van der Waals surface area contributed by atoms with Crippen molar-refractivity contribution >= 4 is 17.8 Å². The molecule has 1 unspecified atom stereocenters. The zero-order chi connectivity index (χ0) is 20.2. The van der Waals surface area contributed by atoms with Crippen molar-refractivity contribution in [2.45, 2.75) is 58.3 Å². The van der Waals surface area contributed by atoms with Crippen molar-refractivity contribution in [3.05, 3.63) is 47.2 Å². The van der Waals surface area contributed by atoms with Gasteiger partial charge in [0.25, 0.3) is 0 Å². The monoisotopic (exact) mass is 375 g/mol. The summed E-state index contributed by atoms with van der Waals surface area (Å²) in [7, 11) is 0. The Hall–Kier alpha value is -2.83. The number of ketones is 1. The highest BCUT2D eigenvalue weighted by Crippen LogP contribution is 2.24. The molecule has 2 rings (SSSR count). The van der Waals surface area contributed by atoms with E-state index in [9.17, 15) is 19.5 Å². The SMILES string of the molecule is C[C@@H](NC(=O)OC(C)(C)C)C(O)=C1C(=O)OC(CCc2ccccc2)C1=O. The Morgan fingerprint density at radius 1 is 1.26 bits per heavy atom. The summed E-state index contributed by atoms with van der Waals surface area (Å²) >= 11 is 0. The molecule has 1 aromatic carbocycles. The minimum absolute atomic E-state index is 0.319. The van der Waals surface area contributed by atoms with E-state index >= 15 is 0 Å². The summed E-state index contributed by atoms with van der Waals surface area (Å²) in [5, 5.41) is 12.7. The van der Waals surface area contributed by atoms with E-state index in [-0.39, 0.29) is 0 Å². The summed E-state index contributed by atoms with van der Waals surface area (Å²) in [6.45, 7) is 6.55. The van der Waals surface area contributed by atoms with Gasteiger partial charge in [0.1, 0.15) is 16.9 Å². The van der Waals surface area contributed by atoms with Crippen LogP contribution in [0.3, 0.4) is 0 Å². The third kappa shape index (κ3) is 5.57. The van der Waals surface area contributed by atoms with Gasteiger partial charge in [0.15, 0.2) is 6.10 Å². The van der Waals surface area contributed by atoms with Gasteiger partial charge in [-0.15, -0.1) is 0 Å². The molecule has 7 heteroatoms. The van der Waals surface area contributed by atoms with Gasteiger partial charge in [0, 0.05) is 0 Å². The van der Waals surface area contributed by atoms with Crippen molar-refractivity contribution in [1.29, 1.82) is 0 Å².